The minimum atomic E-state index is -3.68. The van der Waals surface area contributed by atoms with Gasteiger partial charge in [-0.1, -0.05) is 17.7 Å². The summed E-state index contributed by atoms with van der Waals surface area (Å²) in [6, 6.07) is 11.8. The Hall–Kier alpha value is -2.54. The van der Waals surface area contributed by atoms with Crippen molar-refractivity contribution in [1.82, 2.24) is 4.83 Å². The molecule has 0 bridgehead atoms. The molecular formula is C17H20N2O4S. The Balaban J connectivity index is 2.13. The van der Waals surface area contributed by atoms with E-state index in [4.69, 9.17) is 9.47 Å². The molecule has 128 valence electrons. The Morgan fingerprint density at radius 2 is 1.83 bits per heavy atom. The van der Waals surface area contributed by atoms with Crippen molar-refractivity contribution in [2.75, 3.05) is 13.7 Å². The zero-order valence-corrected chi connectivity index (χ0v) is 14.6. The Morgan fingerprint density at radius 1 is 1.12 bits per heavy atom. The molecule has 0 aliphatic rings. The first kappa shape index (κ1) is 17.8. The number of hydrogen-bond acceptors (Lipinski definition) is 5. The fourth-order valence-corrected chi connectivity index (χ4v) is 2.77. The normalized spacial score (nSPS) is 11.5. The largest absolute Gasteiger partial charge is 0.493 e. The monoisotopic (exact) mass is 348 g/mol. The average Bonchev–Trinajstić information content (AvgIpc) is 2.56. The van der Waals surface area contributed by atoms with Crippen molar-refractivity contribution in [2.24, 2.45) is 5.10 Å². The van der Waals surface area contributed by atoms with Gasteiger partial charge in [-0.15, -0.1) is 0 Å². The predicted molar refractivity (Wildman–Crippen MR) is 93.3 cm³/mol. The van der Waals surface area contributed by atoms with Gasteiger partial charge in [0, 0.05) is 0 Å². The highest BCUT2D eigenvalue weighted by Gasteiger charge is 2.11. The lowest BCUT2D eigenvalue weighted by molar-refractivity contribution is 0.311. The molecule has 2 aromatic carbocycles. The second-order valence-corrected chi connectivity index (χ2v) is 6.67. The number of ether oxygens (including phenoxy) is 2. The number of aryl methyl sites for hydroxylation is 1. The van der Waals surface area contributed by atoms with Crippen molar-refractivity contribution in [3.63, 3.8) is 0 Å². The summed E-state index contributed by atoms with van der Waals surface area (Å²) in [5, 5.41) is 3.81. The lowest BCUT2D eigenvalue weighted by atomic mass is 10.2. The van der Waals surface area contributed by atoms with Crippen molar-refractivity contribution in [3.05, 3.63) is 53.6 Å². The first-order valence-electron chi connectivity index (χ1n) is 7.38. The summed E-state index contributed by atoms with van der Waals surface area (Å²) >= 11 is 0. The SMILES string of the molecule is CCOc1cc(C=NNS(=O)(=O)c2ccc(C)cc2)ccc1OC. The van der Waals surface area contributed by atoms with Gasteiger partial charge in [0.2, 0.25) is 0 Å². The summed E-state index contributed by atoms with van der Waals surface area (Å²) in [7, 11) is -2.13. The number of hydrogen-bond donors (Lipinski definition) is 1. The van der Waals surface area contributed by atoms with Crippen molar-refractivity contribution in [3.8, 4) is 11.5 Å². The summed E-state index contributed by atoms with van der Waals surface area (Å²) in [6.07, 6.45) is 1.41. The maximum atomic E-state index is 12.1. The zero-order chi connectivity index (χ0) is 17.6. The van der Waals surface area contributed by atoms with E-state index in [1.54, 1.807) is 37.4 Å². The van der Waals surface area contributed by atoms with Crippen molar-refractivity contribution < 1.29 is 17.9 Å². The van der Waals surface area contributed by atoms with Crippen LogP contribution in [0.2, 0.25) is 0 Å². The molecule has 0 fully saturated rings. The van der Waals surface area contributed by atoms with Gasteiger partial charge < -0.3 is 9.47 Å². The van der Waals surface area contributed by atoms with Crippen molar-refractivity contribution in [2.45, 2.75) is 18.7 Å². The molecule has 2 aromatic rings. The van der Waals surface area contributed by atoms with E-state index < -0.39 is 10.0 Å². The predicted octanol–water partition coefficient (Wildman–Crippen LogP) is 2.71. The molecule has 0 unspecified atom stereocenters. The Kier molecular flexibility index (Phi) is 5.81. The van der Waals surface area contributed by atoms with Gasteiger partial charge in [0.1, 0.15) is 0 Å². The molecule has 2 rings (SSSR count). The lowest BCUT2D eigenvalue weighted by Crippen LogP contribution is -2.18. The van der Waals surface area contributed by atoms with Crippen LogP contribution >= 0.6 is 0 Å². The molecule has 0 radical (unpaired) electrons. The van der Waals surface area contributed by atoms with E-state index >= 15 is 0 Å². The number of methoxy groups -OCH3 is 1. The minimum absolute atomic E-state index is 0.162. The highest BCUT2D eigenvalue weighted by atomic mass is 32.2. The van der Waals surface area contributed by atoms with Crippen LogP contribution in [0.15, 0.2) is 52.5 Å². The van der Waals surface area contributed by atoms with Gasteiger partial charge in [0.05, 0.1) is 24.8 Å². The first-order valence-corrected chi connectivity index (χ1v) is 8.87. The summed E-state index contributed by atoms with van der Waals surface area (Å²) in [5.41, 5.74) is 1.67. The van der Waals surface area contributed by atoms with Crippen molar-refractivity contribution >= 4 is 16.2 Å². The maximum Gasteiger partial charge on any atom is 0.276 e. The molecule has 0 saturated heterocycles. The van der Waals surface area contributed by atoms with Gasteiger partial charge >= 0.3 is 0 Å². The van der Waals surface area contributed by atoms with Gasteiger partial charge in [-0.3, -0.25) is 0 Å². The number of benzene rings is 2. The van der Waals surface area contributed by atoms with E-state index in [2.05, 4.69) is 9.93 Å². The van der Waals surface area contributed by atoms with E-state index in [0.717, 1.165) is 5.56 Å². The number of hydrazone groups is 1. The van der Waals surface area contributed by atoms with E-state index in [0.29, 0.717) is 23.7 Å². The minimum Gasteiger partial charge on any atom is -0.493 e. The number of nitrogens with zero attached hydrogens (tertiary/aromatic N) is 1. The summed E-state index contributed by atoms with van der Waals surface area (Å²) in [5.74, 6) is 1.18. The molecule has 0 aromatic heterocycles. The molecule has 0 aliphatic heterocycles. The molecule has 6 nitrogen and oxygen atoms in total. The molecule has 0 aliphatic carbocycles. The van der Waals surface area contributed by atoms with Crippen LogP contribution in [-0.2, 0) is 10.0 Å². The third-order valence-electron chi connectivity index (χ3n) is 3.21. The molecule has 0 atom stereocenters. The van der Waals surface area contributed by atoms with Crippen molar-refractivity contribution in [1.29, 1.82) is 0 Å². The maximum absolute atomic E-state index is 12.1. The molecule has 0 spiro atoms. The molecule has 7 heteroatoms. The van der Waals surface area contributed by atoms with Crippen LogP contribution in [0.4, 0.5) is 0 Å². The number of sulfonamides is 1. The third-order valence-corrected chi connectivity index (χ3v) is 4.44. The van der Waals surface area contributed by atoms with Crippen LogP contribution in [0.25, 0.3) is 0 Å². The first-order chi connectivity index (χ1) is 11.5. The topological polar surface area (TPSA) is 77.0 Å². The van der Waals surface area contributed by atoms with Crippen LogP contribution in [0.1, 0.15) is 18.1 Å². The molecular weight excluding hydrogens is 328 g/mol. The van der Waals surface area contributed by atoms with E-state index in [-0.39, 0.29) is 4.90 Å². The smallest absolute Gasteiger partial charge is 0.276 e. The molecule has 1 N–H and O–H groups in total. The molecule has 0 saturated carbocycles. The van der Waals surface area contributed by atoms with Gasteiger partial charge in [-0.2, -0.15) is 13.5 Å². The second kappa shape index (κ2) is 7.83. The summed E-state index contributed by atoms with van der Waals surface area (Å²) in [6.45, 7) is 4.26. The fraction of sp³-hybridized carbons (Fsp3) is 0.235. The summed E-state index contributed by atoms with van der Waals surface area (Å²) in [4.78, 5) is 2.35. The van der Waals surface area contributed by atoms with Crippen LogP contribution in [0.5, 0.6) is 11.5 Å². The van der Waals surface area contributed by atoms with Gasteiger partial charge in [-0.05, 0) is 49.7 Å². The van der Waals surface area contributed by atoms with E-state index in [1.807, 2.05) is 13.8 Å². The highest BCUT2D eigenvalue weighted by molar-refractivity contribution is 7.89. The summed E-state index contributed by atoms with van der Waals surface area (Å²) < 4.78 is 34.9. The lowest BCUT2D eigenvalue weighted by Gasteiger charge is -2.09. The number of nitrogens with one attached hydrogen (secondary N) is 1. The van der Waals surface area contributed by atoms with E-state index in [9.17, 15) is 8.42 Å². The highest BCUT2D eigenvalue weighted by Crippen LogP contribution is 2.27. The quantitative estimate of drug-likeness (QED) is 0.616. The van der Waals surface area contributed by atoms with Gasteiger partial charge in [0.25, 0.3) is 10.0 Å². The molecule has 24 heavy (non-hydrogen) atoms. The molecule has 0 amide bonds. The Bertz CT molecular complexity index is 815. The Morgan fingerprint density at radius 3 is 2.46 bits per heavy atom. The van der Waals surface area contributed by atoms with Crippen LogP contribution < -0.4 is 14.3 Å². The standard InChI is InChI=1S/C17H20N2O4S/c1-4-23-17-11-14(7-10-16(17)22-3)12-18-19-24(20,21)15-8-5-13(2)6-9-15/h5-12,19H,4H2,1-3H3. The number of rotatable bonds is 7. The van der Waals surface area contributed by atoms with Crippen LogP contribution in [-0.4, -0.2) is 28.3 Å². The van der Waals surface area contributed by atoms with Gasteiger partial charge in [-0.25, -0.2) is 4.83 Å². The van der Waals surface area contributed by atoms with E-state index in [1.165, 1.54) is 18.3 Å². The average molecular weight is 348 g/mol. The van der Waals surface area contributed by atoms with Gasteiger partial charge in [0.15, 0.2) is 11.5 Å². The fourth-order valence-electron chi connectivity index (χ4n) is 1.98. The van der Waals surface area contributed by atoms with Crippen LogP contribution in [0, 0.1) is 6.92 Å². The third kappa shape index (κ3) is 4.48. The Labute approximate surface area is 142 Å². The van der Waals surface area contributed by atoms with Crippen LogP contribution in [0.3, 0.4) is 0 Å². The molecule has 0 heterocycles. The second-order valence-electron chi connectivity index (χ2n) is 5.01. The zero-order valence-electron chi connectivity index (χ0n) is 13.8.